The highest BCUT2D eigenvalue weighted by atomic mass is 32.2. The van der Waals surface area contributed by atoms with Gasteiger partial charge in [0.25, 0.3) is 0 Å². The lowest BCUT2D eigenvalue weighted by atomic mass is 10.1. The molecule has 0 unspecified atom stereocenters. The topological polar surface area (TPSA) is 83.8 Å². The molecule has 0 radical (unpaired) electrons. The second kappa shape index (κ2) is 7.00. The summed E-state index contributed by atoms with van der Waals surface area (Å²) >= 11 is 1.44. The highest BCUT2D eigenvalue weighted by molar-refractivity contribution is 7.99. The summed E-state index contributed by atoms with van der Waals surface area (Å²) in [6.45, 7) is 0. The van der Waals surface area contributed by atoms with E-state index in [-0.39, 0.29) is 12.0 Å². The Morgan fingerprint density at radius 3 is 2.23 bits per heavy atom. The van der Waals surface area contributed by atoms with Gasteiger partial charge in [-0.3, -0.25) is 4.79 Å². The van der Waals surface area contributed by atoms with E-state index in [1.807, 2.05) is 6.07 Å². The maximum absolute atomic E-state index is 10.8. The van der Waals surface area contributed by atoms with Crippen molar-refractivity contribution < 1.29 is 24.5 Å². The molecular formula is C16H14O5S. The molecule has 5 nitrogen and oxygen atoms in total. The lowest BCUT2D eigenvalue weighted by Gasteiger charge is -2.09. The molecule has 0 amide bonds. The molecule has 114 valence electrons. The van der Waals surface area contributed by atoms with Gasteiger partial charge in [-0.2, -0.15) is 0 Å². The third kappa shape index (κ3) is 4.02. The van der Waals surface area contributed by atoms with Crippen LogP contribution in [0.4, 0.5) is 0 Å². The lowest BCUT2D eigenvalue weighted by Crippen LogP contribution is -2.02. The number of carbonyl (C=O) groups is 2. The summed E-state index contributed by atoms with van der Waals surface area (Å²) in [5.74, 6) is -1.35. The first kappa shape index (κ1) is 15.9. The van der Waals surface area contributed by atoms with Crippen LogP contribution in [-0.4, -0.2) is 29.3 Å². The van der Waals surface area contributed by atoms with Crippen LogP contribution in [0.5, 0.6) is 5.75 Å². The molecule has 0 saturated carbocycles. The zero-order chi connectivity index (χ0) is 16.1. The zero-order valence-electron chi connectivity index (χ0n) is 11.8. The van der Waals surface area contributed by atoms with E-state index in [9.17, 15) is 9.59 Å². The number of benzene rings is 2. The Kier molecular flexibility index (Phi) is 5.06. The fraction of sp³-hybridized carbons (Fsp3) is 0.125. The number of methoxy groups -OCH3 is 1. The third-order valence-corrected chi connectivity index (χ3v) is 3.93. The van der Waals surface area contributed by atoms with Crippen molar-refractivity contribution in [3.8, 4) is 5.75 Å². The Balaban J connectivity index is 2.19. The minimum Gasteiger partial charge on any atom is -0.496 e. The standard InChI is InChI=1S/C16H14O5S/c1-21-14-9-13(7-4-11(14)8-15(17)18)22-12-5-2-10(3-6-12)16(19)20/h2-7,9H,8H2,1H3,(H,17,18)(H,19,20). The fourth-order valence-corrected chi connectivity index (χ4v) is 2.75. The van der Waals surface area contributed by atoms with Gasteiger partial charge in [-0.15, -0.1) is 0 Å². The van der Waals surface area contributed by atoms with Crippen molar-refractivity contribution in [1.82, 2.24) is 0 Å². The number of carboxylic acids is 2. The van der Waals surface area contributed by atoms with Crippen molar-refractivity contribution in [2.75, 3.05) is 7.11 Å². The lowest BCUT2D eigenvalue weighted by molar-refractivity contribution is -0.136. The van der Waals surface area contributed by atoms with Crippen LogP contribution in [0, 0.1) is 0 Å². The largest absolute Gasteiger partial charge is 0.496 e. The van der Waals surface area contributed by atoms with Crippen molar-refractivity contribution in [3.05, 3.63) is 53.6 Å². The molecule has 0 aliphatic rings. The number of ether oxygens (including phenoxy) is 1. The molecule has 2 aromatic rings. The Bertz CT molecular complexity index is 694. The number of aromatic carboxylic acids is 1. The first-order chi connectivity index (χ1) is 10.5. The molecule has 22 heavy (non-hydrogen) atoms. The molecule has 0 aliphatic carbocycles. The van der Waals surface area contributed by atoms with Crippen LogP contribution in [0.1, 0.15) is 15.9 Å². The summed E-state index contributed by atoms with van der Waals surface area (Å²) in [5.41, 5.74) is 0.847. The molecule has 0 bridgehead atoms. The molecule has 0 saturated heterocycles. The van der Waals surface area contributed by atoms with E-state index in [2.05, 4.69) is 0 Å². The second-order valence-corrected chi connectivity index (χ2v) is 5.62. The van der Waals surface area contributed by atoms with Crippen LogP contribution in [0.3, 0.4) is 0 Å². The van der Waals surface area contributed by atoms with Crippen LogP contribution in [-0.2, 0) is 11.2 Å². The molecule has 2 aromatic carbocycles. The molecule has 0 spiro atoms. The number of aliphatic carboxylic acids is 1. The Morgan fingerprint density at radius 1 is 1.05 bits per heavy atom. The van der Waals surface area contributed by atoms with E-state index in [4.69, 9.17) is 14.9 Å². The first-order valence-electron chi connectivity index (χ1n) is 6.39. The average molecular weight is 318 g/mol. The van der Waals surface area contributed by atoms with Gasteiger partial charge in [0, 0.05) is 15.4 Å². The average Bonchev–Trinajstić information content (AvgIpc) is 2.49. The third-order valence-electron chi connectivity index (χ3n) is 2.94. The predicted octanol–water partition coefficient (Wildman–Crippen LogP) is 3.17. The van der Waals surface area contributed by atoms with E-state index in [0.717, 1.165) is 9.79 Å². The van der Waals surface area contributed by atoms with Gasteiger partial charge >= 0.3 is 11.9 Å². The van der Waals surface area contributed by atoms with Gasteiger partial charge in [-0.25, -0.2) is 4.79 Å². The van der Waals surface area contributed by atoms with Crippen LogP contribution in [0.2, 0.25) is 0 Å². The summed E-state index contributed by atoms with van der Waals surface area (Å²) in [6, 6.07) is 11.9. The normalized spacial score (nSPS) is 10.2. The van der Waals surface area contributed by atoms with Crippen molar-refractivity contribution in [1.29, 1.82) is 0 Å². The quantitative estimate of drug-likeness (QED) is 0.851. The molecule has 0 heterocycles. The van der Waals surface area contributed by atoms with Crippen molar-refractivity contribution >= 4 is 23.7 Å². The summed E-state index contributed by atoms with van der Waals surface area (Å²) in [4.78, 5) is 23.4. The van der Waals surface area contributed by atoms with Crippen LogP contribution < -0.4 is 4.74 Å². The summed E-state index contributed by atoms with van der Waals surface area (Å²) in [6.07, 6.45) is -0.0958. The molecule has 0 aromatic heterocycles. The minimum atomic E-state index is -0.962. The molecule has 0 fully saturated rings. The van der Waals surface area contributed by atoms with Crippen LogP contribution in [0.15, 0.2) is 52.3 Å². The van der Waals surface area contributed by atoms with E-state index in [0.29, 0.717) is 11.3 Å². The highest BCUT2D eigenvalue weighted by Crippen LogP contribution is 2.32. The number of hydrogen-bond donors (Lipinski definition) is 2. The second-order valence-electron chi connectivity index (χ2n) is 4.48. The summed E-state index contributed by atoms with van der Waals surface area (Å²) in [5, 5.41) is 17.7. The van der Waals surface area contributed by atoms with Gasteiger partial charge in [-0.05, 0) is 36.4 Å². The van der Waals surface area contributed by atoms with Crippen LogP contribution in [0.25, 0.3) is 0 Å². The van der Waals surface area contributed by atoms with Gasteiger partial charge < -0.3 is 14.9 Å². The molecule has 6 heteroatoms. The smallest absolute Gasteiger partial charge is 0.335 e. The van der Waals surface area contributed by atoms with E-state index in [1.165, 1.54) is 18.9 Å². The SMILES string of the molecule is COc1cc(Sc2ccc(C(=O)O)cc2)ccc1CC(=O)O. The van der Waals surface area contributed by atoms with E-state index in [1.54, 1.807) is 36.4 Å². The zero-order valence-corrected chi connectivity index (χ0v) is 12.6. The van der Waals surface area contributed by atoms with Crippen molar-refractivity contribution in [2.45, 2.75) is 16.2 Å². The van der Waals surface area contributed by atoms with Gasteiger partial charge in [0.1, 0.15) is 5.75 Å². The summed E-state index contributed by atoms with van der Waals surface area (Å²) < 4.78 is 5.22. The highest BCUT2D eigenvalue weighted by Gasteiger charge is 2.09. The van der Waals surface area contributed by atoms with Gasteiger partial charge in [0.15, 0.2) is 0 Å². The van der Waals surface area contributed by atoms with Gasteiger partial charge in [-0.1, -0.05) is 17.8 Å². The van der Waals surface area contributed by atoms with Crippen molar-refractivity contribution in [2.24, 2.45) is 0 Å². The monoisotopic (exact) mass is 318 g/mol. The number of carboxylic acid groups (broad SMARTS) is 2. The molecule has 2 N–H and O–H groups in total. The fourth-order valence-electron chi connectivity index (χ4n) is 1.90. The minimum absolute atomic E-state index is 0.0958. The van der Waals surface area contributed by atoms with E-state index >= 15 is 0 Å². The molecular weight excluding hydrogens is 304 g/mol. The molecule has 2 rings (SSSR count). The maximum Gasteiger partial charge on any atom is 0.335 e. The van der Waals surface area contributed by atoms with Gasteiger partial charge in [0.2, 0.25) is 0 Å². The Labute approximate surface area is 131 Å². The maximum atomic E-state index is 10.8. The Hall–Kier alpha value is -2.47. The predicted molar refractivity (Wildman–Crippen MR) is 81.9 cm³/mol. The summed E-state index contributed by atoms with van der Waals surface area (Å²) in [7, 11) is 1.50. The van der Waals surface area contributed by atoms with Crippen molar-refractivity contribution in [3.63, 3.8) is 0 Å². The first-order valence-corrected chi connectivity index (χ1v) is 7.21. The molecule has 0 atom stereocenters. The van der Waals surface area contributed by atoms with Crippen LogP contribution >= 0.6 is 11.8 Å². The number of hydrogen-bond acceptors (Lipinski definition) is 4. The van der Waals surface area contributed by atoms with E-state index < -0.39 is 11.9 Å². The van der Waals surface area contributed by atoms with Gasteiger partial charge in [0.05, 0.1) is 19.1 Å². The Morgan fingerprint density at radius 2 is 1.68 bits per heavy atom. The number of rotatable bonds is 6. The molecule has 0 aliphatic heterocycles.